The first-order chi connectivity index (χ1) is 22.6. The predicted octanol–water partition coefficient (Wildman–Crippen LogP) is 8.02. The average molecular weight is 616 g/mol. The summed E-state index contributed by atoms with van der Waals surface area (Å²) in [6, 6.07) is 29.5. The molecule has 1 N–H and O–H groups in total. The van der Waals surface area contributed by atoms with Crippen LogP contribution in [-0.2, 0) is 6.42 Å². The molecule has 5 aromatic rings. The highest BCUT2D eigenvalue weighted by Crippen LogP contribution is 2.35. The van der Waals surface area contributed by atoms with Gasteiger partial charge in [-0.3, -0.25) is 4.99 Å². The lowest BCUT2D eigenvalue weighted by atomic mass is 10.00. The second kappa shape index (κ2) is 14.8. The molecule has 46 heavy (non-hydrogen) atoms. The van der Waals surface area contributed by atoms with Crippen molar-refractivity contribution < 1.29 is 9.47 Å². The van der Waals surface area contributed by atoms with E-state index in [2.05, 4.69) is 115 Å². The zero-order valence-electron chi connectivity index (χ0n) is 27.6. The molecule has 0 saturated carbocycles. The molecule has 2 heterocycles. The summed E-state index contributed by atoms with van der Waals surface area (Å²) in [4.78, 5) is 18.1. The molecule has 238 valence electrons. The molecular formula is C39H45N5O2. The van der Waals surface area contributed by atoms with Gasteiger partial charge in [0.05, 0.1) is 22.4 Å². The molecule has 0 saturated heterocycles. The van der Waals surface area contributed by atoms with Gasteiger partial charge in [-0.1, -0.05) is 45.9 Å². The van der Waals surface area contributed by atoms with Crippen LogP contribution < -0.4 is 9.47 Å². The largest absolute Gasteiger partial charge is 0.492 e. The molecule has 0 radical (unpaired) electrons. The molecule has 6 rings (SSSR count). The number of rotatable bonds is 15. The fraction of sp³-hybridized carbons (Fsp3) is 0.333. The van der Waals surface area contributed by atoms with E-state index in [0.717, 1.165) is 108 Å². The maximum atomic E-state index is 5.98. The van der Waals surface area contributed by atoms with Gasteiger partial charge in [-0.2, -0.15) is 0 Å². The van der Waals surface area contributed by atoms with Gasteiger partial charge in [0.2, 0.25) is 0 Å². The topological polar surface area (TPSA) is 66.0 Å². The van der Waals surface area contributed by atoms with Gasteiger partial charge in [0, 0.05) is 25.1 Å². The molecule has 1 aliphatic rings. The van der Waals surface area contributed by atoms with Crippen LogP contribution in [0.1, 0.15) is 38.8 Å². The van der Waals surface area contributed by atoms with E-state index in [1.54, 1.807) is 0 Å². The number of H-pyrrole nitrogens is 1. The van der Waals surface area contributed by atoms with E-state index in [4.69, 9.17) is 19.5 Å². The van der Waals surface area contributed by atoms with Crippen LogP contribution in [0.3, 0.4) is 0 Å². The highest BCUT2D eigenvalue weighted by Gasteiger charge is 2.17. The van der Waals surface area contributed by atoms with Gasteiger partial charge in [0.25, 0.3) is 0 Å². The van der Waals surface area contributed by atoms with Crippen molar-refractivity contribution in [3.8, 4) is 34.0 Å². The van der Waals surface area contributed by atoms with E-state index >= 15 is 0 Å². The van der Waals surface area contributed by atoms with Crippen molar-refractivity contribution in [2.75, 3.05) is 52.5 Å². The van der Waals surface area contributed by atoms with E-state index in [-0.39, 0.29) is 0 Å². The lowest BCUT2D eigenvalue weighted by molar-refractivity contribution is 0.223. The lowest BCUT2D eigenvalue weighted by Gasteiger charge is -2.18. The van der Waals surface area contributed by atoms with Crippen molar-refractivity contribution in [2.45, 2.75) is 34.1 Å². The minimum Gasteiger partial charge on any atom is -0.492 e. The Morgan fingerprint density at radius 2 is 1.17 bits per heavy atom. The third-order valence-corrected chi connectivity index (χ3v) is 8.97. The summed E-state index contributed by atoms with van der Waals surface area (Å²) < 4.78 is 11.9. The number of hydrogen-bond donors (Lipinski definition) is 1. The van der Waals surface area contributed by atoms with Gasteiger partial charge in [-0.15, -0.1) is 0 Å². The average Bonchev–Trinajstić information content (AvgIpc) is 3.73. The molecule has 0 aliphatic carbocycles. The van der Waals surface area contributed by atoms with Crippen LogP contribution in [0.4, 0.5) is 5.69 Å². The highest BCUT2D eigenvalue weighted by atomic mass is 16.5. The van der Waals surface area contributed by atoms with E-state index in [9.17, 15) is 0 Å². The Morgan fingerprint density at radius 1 is 0.630 bits per heavy atom. The molecule has 0 unspecified atom stereocenters. The van der Waals surface area contributed by atoms with Crippen LogP contribution >= 0.6 is 0 Å². The smallest absolute Gasteiger partial charge is 0.138 e. The third kappa shape index (κ3) is 7.33. The van der Waals surface area contributed by atoms with Crippen LogP contribution in [0.25, 0.3) is 33.5 Å². The summed E-state index contributed by atoms with van der Waals surface area (Å²) in [6.07, 6.45) is 0.834. The second-order valence-electron chi connectivity index (χ2n) is 11.7. The Balaban J connectivity index is 1.11. The normalized spacial score (nSPS) is 12.6. The van der Waals surface area contributed by atoms with Crippen molar-refractivity contribution in [1.82, 2.24) is 19.8 Å². The molecule has 0 amide bonds. The van der Waals surface area contributed by atoms with Crippen LogP contribution in [0, 0.1) is 0 Å². The summed E-state index contributed by atoms with van der Waals surface area (Å²) >= 11 is 0. The SMILES string of the molecule is CCN(CC)CCOc1ccc(C2=Nc3cc(-c4ccc5nc(-c6ccc(OCCN(CC)CC)cc6)[nH]c5c4)ccc3C2)cc1. The number of nitrogens with zero attached hydrogens (tertiary/aromatic N) is 4. The van der Waals surface area contributed by atoms with Gasteiger partial charge in [0.1, 0.15) is 30.5 Å². The van der Waals surface area contributed by atoms with Crippen LogP contribution in [0.15, 0.2) is 89.9 Å². The molecule has 4 aromatic carbocycles. The first kappa shape index (κ1) is 31.5. The van der Waals surface area contributed by atoms with Gasteiger partial charge in [0.15, 0.2) is 0 Å². The van der Waals surface area contributed by atoms with E-state index in [0.29, 0.717) is 13.2 Å². The minimum absolute atomic E-state index is 0.684. The maximum Gasteiger partial charge on any atom is 0.138 e. The summed E-state index contributed by atoms with van der Waals surface area (Å²) in [7, 11) is 0. The molecule has 0 atom stereocenters. The molecule has 0 bridgehead atoms. The minimum atomic E-state index is 0.684. The van der Waals surface area contributed by atoms with E-state index in [1.165, 1.54) is 5.56 Å². The quantitative estimate of drug-likeness (QED) is 0.129. The maximum absolute atomic E-state index is 5.98. The standard InChI is InChI=1S/C39H45N5O2/c1-5-43(6-2)21-23-45-33-16-11-28(12-17-33)36-27-32-10-9-30(25-37(32)40-36)31-15-20-35-38(26-31)42-39(41-35)29-13-18-34(19-14-29)46-24-22-44(7-3)8-4/h9-20,25-26H,5-8,21-24,27H2,1-4H3,(H,41,42). The van der Waals surface area contributed by atoms with Crippen molar-refractivity contribution in [2.24, 2.45) is 4.99 Å². The van der Waals surface area contributed by atoms with Gasteiger partial charge in [-0.25, -0.2) is 4.98 Å². The molecule has 1 aromatic heterocycles. The molecule has 7 nitrogen and oxygen atoms in total. The molecule has 0 fully saturated rings. The second-order valence-corrected chi connectivity index (χ2v) is 11.7. The lowest BCUT2D eigenvalue weighted by Crippen LogP contribution is -2.27. The Morgan fingerprint density at radius 3 is 1.78 bits per heavy atom. The molecule has 0 spiro atoms. The first-order valence-electron chi connectivity index (χ1n) is 16.7. The number of nitrogens with one attached hydrogen (secondary N) is 1. The first-order valence-corrected chi connectivity index (χ1v) is 16.7. The summed E-state index contributed by atoms with van der Waals surface area (Å²) in [5, 5.41) is 0. The fourth-order valence-electron chi connectivity index (χ4n) is 5.97. The highest BCUT2D eigenvalue weighted by molar-refractivity contribution is 6.07. The Bertz CT molecular complexity index is 1770. The Labute approximate surface area is 272 Å². The number of imidazole rings is 1. The monoisotopic (exact) mass is 615 g/mol. The summed E-state index contributed by atoms with van der Waals surface area (Å²) in [6.45, 7) is 16.1. The number of fused-ring (bicyclic) bond motifs is 2. The predicted molar refractivity (Wildman–Crippen MR) is 190 cm³/mol. The summed E-state index contributed by atoms with van der Waals surface area (Å²) in [5.74, 6) is 2.63. The number of aliphatic imine (C=N–C) groups is 1. The Kier molecular flexibility index (Phi) is 10.1. The van der Waals surface area contributed by atoms with Crippen LogP contribution in [0.2, 0.25) is 0 Å². The summed E-state index contributed by atoms with van der Waals surface area (Å²) in [5.41, 5.74) is 9.79. The number of likely N-dealkylation sites (N-methyl/N-ethyl adjacent to an activating group) is 2. The number of aromatic nitrogens is 2. The van der Waals surface area contributed by atoms with Gasteiger partial charge in [-0.05, 0) is 115 Å². The molecular weight excluding hydrogens is 570 g/mol. The number of aromatic amines is 1. The zero-order chi connectivity index (χ0) is 31.9. The number of ether oxygens (including phenoxy) is 2. The van der Waals surface area contributed by atoms with Crippen LogP contribution in [-0.4, -0.2) is 78.0 Å². The van der Waals surface area contributed by atoms with Gasteiger partial charge < -0.3 is 24.3 Å². The van der Waals surface area contributed by atoms with Crippen molar-refractivity contribution in [3.05, 3.63) is 96.1 Å². The fourth-order valence-corrected chi connectivity index (χ4v) is 5.97. The van der Waals surface area contributed by atoms with Crippen molar-refractivity contribution in [1.29, 1.82) is 0 Å². The molecule has 7 heteroatoms. The zero-order valence-corrected chi connectivity index (χ0v) is 27.6. The van der Waals surface area contributed by atoms with Gasteiger partial charge >= 0.3 is 0 Å². The van der Waals surface area contributed by atoms with E-state index < -0.39 is 0 Å². The molecule has 1 aliphatic heterocycles. The van der Waals surface area contributed by atoms with E-state index in [1.807, 2.05) is 12.1 Å². The Hall–Kier alpha value is -4.46. The van der Waals surface area contributed by atoms with Crippen molar-refractivity contribution in [3.63, 3.8) is 0 Å². The number of hydrogen-bond acceptors (Lipinski definition) is 6. The van der Waals surface area contributed by atoms with Crippen molar-refractivity contribution >= 4 is 22.4 Å². The number of benzene rings is 4. The van der Waals surface area contributed by atoms with Crippen LogP contribution in [0.5, 0.6) is 11.5 Å². The third-order valence-electron chi connectivity index (χ3n) is 8.97.